The SMILES string of the molecule is C=C(C)C1C2=C(CCC(C)(C)C2)SC1c1ccc(-c2cccnc2CC)cc1. The van der Waals surface area contributed by atoms with Crippen LogP contribution in [-0.4, -0.2) is 4.98 Å². The minimum absolute atomic E-state index is 0.419. The van der Waals surface area contributed by atoms with Crippen LogP contribution in [0, 0.1) is 11.3 Å². The number of hydrogen-bond donors (Lipinski definition) is 0. The summed E-state index contributed by atoms with van der Waals surface area (Å²) in [6.45, 7) is 13.6. The van der Waals surface area contributed by atoms with Crippen LogP contribution in [-0.2, 0) is 6.42 Å². The third-order valence-electron chi connectivity index (χ3n) is 6.31. The van der Waals surface area contributed by atoms with Crippen molar-refractivity contribution >= 4 is 11.8 Å². The minimum atomic E-state index is 0.419. The van der Waals surface area contributed by atoms with Crippen molar-refractivity contribution in [3.63, 3.8) is 0 Å². The van der Waals surface area contributed by atoms with Crippen LogP contribution in [0.15, 0.2) is 65.2 Å². The topological polar surface area (TPSA) is 12.9 Å². The summed E-state index contributed by atoms with van der Waals surface area (Å²) in [6.07, 6.45) is 6.60. The highest BCUT2D eigenvalue weighted by molar-refractivity contribution is 8.03. The zero-order chi connectivity index (χ0) is 19.9. The van der Waals surface area contributed by atoms with Gasteiger partial charge in [0.1, 0.15) is 0 Å². The van der Waals surface area contributed by atoms with Gasteiger partial charge in [-0.1, -0.05) is 68.8 Å². The molecule has 1 aromatic carbocycles. The summed E-state index contributed by atoms with van der Waals surface area (Å²) in [4.78, 5) is 6.19. The van der Waals surface area contributed by atoms with Gasteiger partial charge in [0.15, 0.2) is 0 Å². The van der Waals surface area contributed by atoms with Crippen LogP contribution in [0.25, 0.3) is 11.1 Å². The van der Waals surface area contributed by atoms with E-state index in [0.29, 0.717) is 16.6 Å². The maximum Gasteiger partial charge on any atom is 0.0479 e. The highest BCUT2D eigenvalue weighted by atomic mass is 32.2. The number of aromatic nitrogens is 1. The van der Waals surface area contributed by atoms with E-state index in [1.165, 1.54) is 47.2 Å². The molecule has 1 aliphatic carbocycles. The van der Waals surface area contributed by atoms with Crippen LogP contribution < -0.4 is 0 Å². The number of rotatable bonds is 4. The molecule has 2 heteroatoms. The summed E-state index contributed by atoms with van der Waals surface area (Å²) >= 11 is 2.10. The van der Waals surface area contributed by atoms with E-state index in [-0.39, 0.29) is 0 Å². The van der Waals surface area contributed by atoms with Crippen LogP contribution in [0.5, 0.6) is 0 Å². The lowest BCUT2D eigenvalue weighted by Crippen LogP contribution is -2.20. The monoisotopic (exact) mass is 389 g/mol. The normalized spacial score (nSPS) is 23.6. The summed E-state index contributed by atoms with van der Waals surface area (Å²) in [5, 5.41) is 0.477. The molecule has 0 saturated carbocycles. The molecule has 0 fully saturated rings. The first kappa shape index (κ1) is 19.5. The molecular formula is C26H31NS. The third kappa shape index (κ3) is 3.59. The van der Waals surface area contributed by atoms with E-state index >= 15 is 0 Å². The van der Waals surface area contributed by atoms with Crippen molar-refractivity contribution in [3.05, 3.63) is 76.5 Å². The van der Waals surface area contributed by atoms with E-state index in [1.54, 1.807) is 10.5 Å². The fourth-order valence-electron chi connectivity index (χ4n) is 4.79. The summed E-state index contributed by atoms with van der Waals surface area (Å²) in [7, 11) is 0. The van der Waals surface area contributed by atoms with E-state index in [9.17, 15) is 0 Å². The van der Waals surface area contributed by atoms with Crippen molar-refractivity contribution in [1.29, 1.82) is 0 Å². The highest BCUT2D eigenvalue weighted by Gasteiger charge is 2.41. The fraction of sp³-hybridized carbons (Fsp3) is 0.423. The lowest BCUT2D eigenvalue weighted by atomic mass is 9.71. The molecule has 28 heavy (non-hydrogen) atoms. The molecule has 2 aliphatic rings. The van der Waals surface area contributed by atoms with Crippen LogP contribution in [0.4, 0.5) is 0 Å². The Morgan fingerprint density at radius 1 is 1.21 bits per heavy atom. The minimum Gasteiger partial charge on any atom is -0.261 e. The second-order valence-electron chi connectivity index (χ2n) is 9.13. The van der Waals surface area contributed by atoms with Gasteiger partial charge in [0.2, 0.25) is 0 Å². The molecule has 0 bridgehead atoms. The standard InChI is InChI=1S/C26H31NS/c1-6-22-20(8-7-15-27-22)18-9-11-19(12-10-18)25-24(17(2)3)21-16-26(4,5)14-13-23(21)28-25/h7-12,15,24-25H,2,6,13-14,16H2,1,3-5H3. The molecule has 0 saturated heterocycles. The van der Waals surface area contributed by atoms with Gasteiger partial charge in [-0.2, -0.15) is 0 Å². The number of thioether (sulfide) groups is 1. The van der Waals surface area contributed by atoms with Crippen LogP contribution >= 0.6 is 11.8 Å². The smallest absolute Gasteiger partial charge is 0.0479 e. The largest absolute Gasteiger partial charge is 0.261 e. The van der Waals surface area contributed by atoms with Crippen LogP contribution in [0.2, 0.25) is 0 Å². The van der Waals surface area contributed by atoms with Gasteiger partial charge in [-0.15, -0.1) is 11.8 Å². The number of benzene rings is 1. The number of allylic oxidation sites excluding steroid dienone is 3. The average molecular weight is 390 g/mol. The maximum absolute atomic E-state index is 4.55. The van der Waals surface area contributed by atoms with Crippen molar-refractivity contribution < 1.29 is 0 Å². The number of hydrogen-bond acceptors (Lipinski definition) is 2. The molecule has 1 nitrogen and oxygen atoms in total. The molecule has 1 aliphatic heterocycles. The Kier molecular flexibility index (Phi) is 5.26. The first-order valence-electron chi connectivity index (χ1n) is 10.5. The van der Waals surface area contributed by atoms with Crippen molar-refractivity contribution in [1.82, 2.24) is 4.98 Å². The molecular weight excluding hydrogens is 358 g/mol. The maximum atomic E-state index is 4.55. The summed E-state index contributed by atoms with van der Waals surface area (Å²) in [5.41, 5.74) is 8.52. The Morgan fingerprint density at radius 3 is 2.64 bits per heavy atom. The highest BCUT2D eigenvalue weighted by Crippen LogP contribution is 2.60. The lowest BCUT2D eigenvalue weighted by molar-refractivity contribution is 0.308. The van der Waals surface area contributed by atoms with Crippen molar-refractivity contribution in [2.45, 2.75) is 58.6 Å². The fourth-order valence-corrected chi connectivity index (χ4v) is 6.49. The molecule has 0 N–H and O–H groups in total. The van der Waals surface area contributed by atoms with E-state index in [2.05, 4.69) is 81.4 Å². The Labute approximate surface area is 174 Å². The quantitative estimate of drug-likeness (QED) is 0.496. The molecule has 2 aromatic rings. The second kappa shape index (κ2) is 7.55. The van der Waals surface area contributed by atoms with Crippen molar-refractivity contribution in [2.75, 3.05) is 0 Å². The Morgan fingerprint density at radius 2 is 1.96 bits per heavy atom. The molecule has 2 heterocycles. The molecule has 0 spiro atoms. The Balaban J connectivity index is 1.64. The number of nitrogens with zero attached hydrogens (tertiary/aromatic N) is 1. The zero-order valence-corrected chi connectivity index (χ0v) is 18.4. The molecule has 146 valence electrons. The summed E-state index contributed by atoms with van der Waals surface area (Å²) in [6, 6.07) is 13.4. The number of aryl methyl sites for hydroxylation is 1. The average Bonchev–Trinajstić information content (AvgIpc) is 3.05. The van der Waals surface area contributed by atoms with Gasteiger partial charge >= 0.3 is 0 Å². The molecule has 0 radical (unpaired) electrons. The van der Waals surface area contributed by atoms with Gasteiger partial charge in [0.05, 0.1) is 0 Å². The molecule has 0 amide bonds. The second-order valence-corrected chi connectivity index (χ2v) is 10.4. The molecule has 2 atom stereocenters. The van der Waals surface area contributed by atoms with Gasteiger partial charge in [-0.3, -0.25) is 4.98 Å². The Hall–Kier alpha value is -1.80. The van der Waals surface area contributed by atoms with Crippen LogP contribution in [0.3, 0.4) is 0 Å². The lowest BCUT2D eigenvalue weighted by Gasteiger charge is -2.33. The molecule has 2 unspecified atom stereocenters. The third-order valence-corrected chi connectivity index (χ3v) is 7.86. The molecule has 4 rings (SSSR count). The molecule has 1 aromatic heterocycles. The van der Waals surface area contributed by atoms with Gasteiger partial charge < -0.3 is 0 Å². The predicted octanol–water partition coefficient (Wildman–Crippen LogP) is 7.76. The van der Waals surface area contributed by atoms with Crippen LogP contribution in [0.1, 0.15) is 63.5 Å². The summed E-state index contributed by atoms with van der Waals surface area (Å²) in [5.74, 6) is 0.481. The van der Waals surface area contributed by atoms with Crippen molar-refractivity contribution in [3.8, 4) is 11.1 Å². The number of pyridine rings is 1. The van der Waals surface area contributed by atoms with E-state index in [0.717, 1.165) is 6.42 Å². The van der Waals surface area contributed by atoms with E-state index in [4.69, 9.17) is 0 Å². The Bertz CT molecular complexity index is 920. The van der Waals surface area contributed by atoms with E-state index in [1.807, 2.05) is 12.3 Å². The van der Waals surface area contributed by atoms with Gasteiger partial charge in [-0.25, -0.2) is 0 Å². The van der Waals surface area contributed by atoms with Gasteiger partial charge in [0.25, 0.3) is 0 Å². The predicted molar refractivity (Wildman–Crippen MR) is 122 cm³/mol. The summed E-state index contributed by atoms with van der Waals surface area (Å²) < 4.78 is 0. The first-order valence-corrected chi connectivity index (χ1v) is 11.4. The zero-order valence-electron chi connectivity index (χ0n) is 17.6. The van der Waals surface area contributed by atoms with Gasteiger partial charge in [-0.05, 0) is 60.1 Å². The van der Waals surface area contributed by atoms with Gasteiger partial charge in [0, 0.05) is 28.6 Å². The van der Waals surface area contributed by atoms with E-state index < -0.39 is 0 Å². The van der Waals surface area contributed by atoms with Crippen molar-refractivity contribution in [2.24, 2.45) is 11.3 Å². The first-order chi connectivity index (χ1) is 13.4.